The number of thioether (sulfide) groups is 1. The molecular formula is C18H19ClN2O2S2. The summed E-state index contributed by atoms with van der Waals surface area (Å²) in [5, 5.41) is 4.18. The standard InChI is InChI=1S/C18H19ClN2O2S2/c19-12-5-3-4-11(8-12)9-24-10-15(22)21-18-16(17(20)23)13-6-1-2-7-14(13)25-18/h3-5,8H,1-2,6-7,9-10H2,(H2,20,23)(H,21,22). The second kappa shape index (κ2) is 8.25. The molecule has 0 saturated heterocycles. The largest absolute Gasteiger partial charge is 0.365 e. The van der Waals surface area contributed by atoms with Gasteiger partial charge in [-0.15, -0.1) is 23.1 Å². The van der Waals surface area contributed by atoms with Crippen molar-refractivity contribution in [2.75, 3.05) is 11.1 Å². The number of nitrogens with two attached hydrogens (primary N) is 1. The van der Waals surface area contributed by atoms with Gasteiger partial charge in [-0.25, -0.2) is 0 Å². The Morgan fingerprint density at radius 1 is 1.28 bits per heavy atom. The predicted octanol–water partition coefficient (Wildman–Crippen LogP) is 4.25. The third kappa shape index (κ3) is 4.57. The third-order valence-corrected chi connectivity index (χ3v) is 6.51. The van der Waals surface area contributed by atoms with Crippen molar-refractivity contribution in [1.29, 1.82) is 0 Å². The van der Waals surface area contributed by atoms with E-state index in [1.807, 2.05) is 24.3 Å². The smallest absolute Gasteiger partial charge is 0.251 e. The van der Waals surface area contributed by atoms with Crippen molar-refractivity contribution in [3.05, 3.63) is 50.9 Å². The Kier molecular flexibility index (Phi) is 6.04. The van der Waals surface area contributed by atoms with E-state index in [0.717, 1.165) is 36.8 Å². The van der Waals surface area contributed by atoms with Gasteiger partial charge in [0.1, 0.15) is 5.00 Å². The van der Waals surface area contributed by atoms with Gasteiger partial charge in [-0.1, -0.05) is 23.7 Å². The highest BCUT2D eigenvalue weighted by molar-refractivity contribution is 7.99. The molecule has 2 aromatic rings. The Balaban J connectivity index is 1.61. The van der Waals surface area contributed by atoms with E-state index in [1.54, 1.807) is 0 Å². The van der Waals surface area contributed by atoms with Crippen molar-refractivity contribution in [2.45, 2.75) is 31.4 Å². The van der Waals surface area contributed by atoms with Crippen LogP contribution in [0.25, 0.3) is 0 Å². The third-order valence-electron chi connectivity index (χ3n) is 4.06. The number of hydrogen-bond donors (Lipinski definition) is 2. The Hall–Kier alpha value is -1.50. The Labute approximate surface area is 160 Å². The van der Waals surface area contributed by atoms with Crippen LogP contribution in [-0.2, 0) is 23.4 Å². The van der Waals surface area contributed by atoms with E-state index in [2.05, 4.69) is 5.32 Å². The maximum atomic E-state index is 12.3. The number of halogens is 1. The molecule has 1 aromatic heterocycles. The van der Waals surface area contributed by atoms with Crippen LogP contribution in [0.2, 0.25) is 5.02 Å². The normalized spacial score (nSPS) is 13.3. The summed E-state index contributed by atoms with van der Waals surface area (Å²) >= 11 is 8.96. The highest BCUT2D eigenvalue weighted by Crippen LogP contribution is 2.37. The average Bonchev–Trinajstić information content (AvgIpc) is 2.92. The van der Waals surface area contributed by atoms with Crippen LogP contribution >= 0.6 is 34.7 Å². The molecule has 0 aliphatic heterocycles. The van der Waals surface area contributed by atoms with Crippen LogP contribution in [0.3, 0.4) is 0 Å². The fourth-order valence-corrected chi connectivity index (χ4v) is 5.26. The molecule has 0 saturated carbocycles. The molecule has 1 aliphatic rings. The summed E-state index contributed by atoms with van der Waals surface area (Å²) in [6.45, 7) is 0. The lowest BCUT2D eigenvalue weighted by Gasteiger charge is -2.11. The molecule has 1 aliphatic carbocycles. The van der Waals surface area contributed by atoms with Gasteiger partial charge >= 0.3 is 0 Å². The Bertz CT molecular complexity index is 804. The minimum Gasteiger partial charge on any atom is -0.365 e. The Morgan fingerprint density at radius 3 is 2.84 bits per heavy atom. The molecular weight excluding hydrogens is 376 g/mol. The molecule has 1 aromatic carbocycles. The number of benzene rings is 1. The molecule has 2 amide bonds. The first kappa shape index (κ1) is 18.3. The van der Waals surface area contributed by atoms with Crippen molar-refractivity contribution in [1.82, 2.24) is 0 Å². The number of hydrogen-bond acceptors (Lipinski definition) is 4. The summed E-state index contributed by atoms with van der Waals surface area (Å²) < 4.78 is 0. The molecule has 25 heavy (non-hydrogen) atoms. The van der Waals surface area contributed by atoms with Gasteiger partial charge in [-0.05, 0) is 48.9 Å². The molecule has 3 N–H and O–H groups in total. The zero-order valence-electron chi connectivity index (χ0n) is 13.6. The number of thiophene rings is 1. The molecule has 0 fully saturated rings. The average molecular weight is 395 g/mol. The number of carbonyl (C=O) groups excluding carboxylic acids is 2. The van der Waals surface area contributed by atoms with Gasteiger partial charge in [0.05, 0.1) is 11.3 Å². The van der Waals surface area contributed by atoms with Gasteiger partial charge in [-0.3, -0.25) is 9.59 Å². The SMILES string of the molecule is NC(=O)c1c(NC(=O)CSCc2cccc(Cl)c2)sc2c1CCCC2. The van der Waals surface area contributed by atoms with Crippen molar-refractivity contribution in [2.24, 2.45) is 5.73 Å². The first-order valence-electron chi connectivity index (χ1n) is 8.11. The van der Waals surface area contributed by atoms with E-state index in [0.29, 0.717) is 27.1 Å². The van der Waals surface area contributed by atoms with Crippen LogP contribution in [0.15, 0.2) is 24.3 Å². The zero-order chi connectivity index (χ0) is 17.8. The molecule has 0 bridgehead atoms. The van der Waals surface area contributed by atoms with E-state index in [9.17, 15) is 9.59 Å². The summed E-state index contributed by atoms with van der Waals surface area (Å²) in [6, 6.07) is 7.60. The maximum absolute atomic E-state index is 12.3. The van der Waals surface area contributed by atoms with Crippen LogP contribution in [-0.4, -0.2) is 17.6 Å². The molecule has 7 heteroatoms. The summed E-state index contributed by atoms with van der Waals surface area (Å²) in [5.74, 6) is 0.444. The number of rotatable bonds is 6. The van der Waals surface area contributed by atoms with Crippen LogP contribution < -0.4 is 11.1 Å². The van der Waals surface area contributed by atoms with Crippen LogP contribution in [0.4, 0.5) is 5.00 Å². The monoisotopic (exact) mass is 394 g/mol. The molecule has 0 spiro atoms. The summed E-state index contributed by atoms with van der Waals surface area (Å²) in [4.78, 5) is 25.3. The van der Waals surface area contributed by atoms with E-state index in [-0.39, 0.29) is 5.91 Å². The van der Waals surface area contributed by atoms with Crippen LogP contribution in [0.5, 0.6) is 0 Å². The lowest BCUT2D eigenvalue weighted by atomic mass is 9.95. The maximum Gasteiger partial charge on any atom is 0.251 e. The molecule has 1 heterocycles. The second-order valence-electron chi connectivity index (χ2n) is 5.95. The number of nitrogens with one attached hydrogen (secondary N) is 1. The second-order valence-corrected chi connectivity index (χ2v) is 8.48. The molecule has 0 radical (unpaired) electrons. The number of anilines is 1. The molecule has 0 unspecified atom stereocenters. The van der Waals surface area contributed by atoms with Crippen molar-refractivity contribution in [3.63, 3.8) is 0 Å². The molecule has 4 nitrogen and oxygen atoms in total. The lowest BCUT2D eigenvalue weighted by molar-refractivity contribution is -0.113. The summed E-state index contributed by atoms with van der Waals surface area (Å²) in [6.07, 6.45) is 4.00. The molecule has 3 rings (SSSR count). The van der Waals surface area contributed by atoms with Gasteiger partial charge in [0.2, 0.25) is 5.91 Å². The first-order valence-corrected chi connectivity index (χ1v) is 10.5. The van der Waals surface area contributed by atoms with E-state index < -0.39 is 5.91 Å². The summed E-state index contributed by atoms with van der Waals surface area (Å²) in [7, 11) is 0. The van der Waals surface area contributed by atoms with E-state index >= 15 is 0 Å². The quantitative estimate of drug-likeness (QED) is 0.769. The minimum atomic E-state index is -0.457. The van der Waals surface area contributed by atoms with Gasteiger partial charge in [-0.2, -0.15) is 0 Å². The fourth-order valence-electron chi connectivity index (χ4n) is 2.97. The van der Waals surface area contributed by atoms with Gasteiger partial charge in [0.25, 0.3) is 5.91 Å². The highest BCUT2D eigenvalue weighted by atomic mass is 35.5. The number of fused-ring (bicyclic) bond motifs is 1. The van der Waals surface area contributed by atoms with E-state index in [1.165, 1.54) is 28.0 Å². The number of primary amides is 1. The molecule has 0 atom stereocenters. The predicted molar refractivity (Wildman–Crippen MR) is 106 cm³/mol. The Morgan fingerprint density at radius 2 is 2.08 bits per heavy atom. The lowest BCUT2D eigenvalue weighted by Crippen LogP contribution is -2.19. The number of carbonyl (C=O) groups is 2. The van der Waals surface area contributed by atoms with Crippen LogP contribution in [0.1, 0.15) is 39.2 Å². The first-order chi connectivity index (χ1) is 12.0. The number of aryl methyl sites for hydroxylation is 1. The fraction of sp³-hybridized carbons (Fsp3) is 0.333. The zero-order valence-corrected chi connectivity index (χ0v) is 16.0. The van der Waals surface area contributed by atoms with Gasteiger partial charge < -0.3 is 11.1 Å². The molecule has 132 valence electrons. The van der Waals surface area contributed by atoms with Crippen LogP contribution in [0, 0.1) is 0 Å². The topological polar surface area (TPSA) is 72.2 Å². The highest BCUT2D eigenvalue weighted by Gasteiger charge is 2.24. The van der Waals surface area contributed by atoms with E-state index in [4.69, 9.17) is 17.3 Å². The number of amides is 2. The van der Waals surface area contributed by atoms with Gasteiger partial charge in [0.15, 0.2) is 0 Å². The van der Waals surface area contributed by atoms with Crippen molar-refractivity contribution in [3.8, 4) is 0 Å². The summed E-state index contributed by atoms with van der Waals surface area (Å²) in [5.41, 5.74) is 8.17. The van der Waals surface area contributed by atoms with Crippen molar-refractivity contribution < 1.29 is 9.59 Å². The van der Waals surface area contributed by atoms with Gasteiger partial charge in [0, 0.05) is 15.7 Å². The minimum absolute atomic E-state index is 0.117. The van der Waals surface area contributed by atoms with Crippen molar-refractivity contribution >= 4 is 51.5 Å².